The van der Waals surface area contributed by atoms with Crippen molar-refractivity contribution >= 4 is 11.8 Å². The van der Waals surface area contributed by atoms with Crippen LogP contribution in [0.25, 0.3) is 0 Å². The fourth-order valence-corrected chi connectivity index (χ4v) is 2.40. The summed E-state index contributed by atoms with van der Waals surface area (Å²) in [7, 11) is 2.00. The van der Waals surface area contributed by atoms with E-state index in [9.17, 15) is 4.79 Å². The van der Waals surface area contributed by atoms with Crippen LogP contribution >= 0.6 is 0 Å². The topological polar surface area (TPSA) is 56.7 Å². The Balaban J connectivity index is 1.96. The van der Waals surface area contributed by atoms with E-state index in [0.717, 1.165) is 18.9 Å². The van der Waals surface area contributed by atoms with Crippen molar-refractivity contribution in [1.82, 2.24) is 9.88 Å². The number of hydrogen-bond donors (Lipinski definition) is 1. The monoisotopic (exact) mass is 263 g/mol. The Kier molecular flexibility index (Phi) is 4.37. The number of rotatable bonds is 5. The Labute approximate surface area is 113 Å². The molecule has 1 N–H and O–H groups in total. The highest BCUT2D eigenvalue weighted by Crippen LogP contribution is 2.14. The molecule has 2 heterocycles. The van der Waals surface area contributed by atoms with Crippen LogP contribution in [0, 0.1) is 6.92 Å². The Morgan fingerprint density at radius 1 is 1.42 bits per heavy atom. The van der Waals surface area contributed by atoms with Gasteiger partial charge in [-0.2, -0.15) is 0 Å². The molecule has 5 nitrogen and oxygen atoms in total. The van der Waals surface area contributed by atoms with Crippen molar-refractivity contribution in [1.29, 1.82) is 0 Å². The minimum atomic E-state index is -0.920. The standard InChI is InChI=1S/C14H21N3O2/c1-11-12(14(18)19)5-6-13(15-11)16(2)9-10-17-7-3-4-8-17/h5-6H,3-4,7-10H2,1-2H3,(H,18,19). The number of aromatic carboxylic acids is 1. The van der Waals surface area contributed by atoms with Gasteiger partial charge in [0.15, 0.2) is 0 Å². The number of likely N-dealkylation sites (tertiary alicyclic amines) is 1. The third-order valence-corrected chi connectivity index (χ3v) is 3.64. The smallest absolute Gasteiger partial charge is 0.337 e. The van der Waals surface area contributed by atoms with Crippen molar-refractivity contribution in [2.75, 3.05) is 38.1 Å². The number of carbonyl (C=O) groups is 1. The lowest BCUT2D eigenvalue weighted by atomic mass is 10.2. The van der Waals surface area contributed by atoms with E-state index < -0.39 is 5.97 Å². The Bertz CT molecular complexity index is 456. The lowest BCUT2D eigenvalue weighted by molar-refractivity contribution is 0.0695. The number of likely N-dealkylation sites (N-methyl/N-ethyl adjacent to an activating group) is 1. The summed E-state index contributed by atoms with van der Waals surface area (Å²) in [6.45, 7) is 6.08. The molecule has 2 rings (SSSR count). The minimum Gasteiger partial charge on any atom is -0.478 e. The second-order valence-electron chi connectivity index (χ2n) is 5.08. The fraction of sp³-hybridized carbons (Fsp3) is 0.571. The van der Waals surface area contributed by atoms with Gasteiger partial charge in [0.2, 0.25) is 0 Å². The predicted molar refractivity (Wildman–Crippen MR) is 74.9 cm³/mol. The summed E-state index contributed by atoms with van der Waals surface area (Å²) in [6, 6.07) is 3.41. The van der Waals surface area contributed by atoms with Crippen LogP contribution in [0.3, 0.4) is 0 Å². The number of pyridine rings is 1. The molecule has 0 unspecified atom stereocenters. The summed E-state index contributed by atoms with van der Waals surface area (Å²) in [5, 5.41) is 8.98. The summed E-state index contributed by atoms with van der Waals surface area (Å²) in [4.78, 5) is 19.8. The number of aryl methyl sites for hydroxylation is 1. The van der Waals surface area contributed by atoms with Gasteiger partial charge in [-0.15, -0.1) is 0 Å². The Morgan fingerprint density at radius 3 is 2.68 bits per heavy atom. The van der Waals surface area contributed by atoms with Crippen molar-refractivity contribution in [2.45, 2.75) is 19.8 Å². The molecule has 1 aromatic heterocycles. The van der Waals surface area contributed by atoms with Gasteiger partial charge in [0, 0.05) is 20.1 Å². The second kappa shape index (κ2) is 6.02. The molecule has 104 valence electrons. The molecule has 0 bridgehead atoms. The first-order valence-corrected chi connectivity index (χ1v) is 6.72. The molecule has 1 aromatic rings. The van der Waals surface area contributed by atoms with Gasteiger partial charge in [-0.25, -0.2) is 9.78 Å². The first kappa shape index (κ1) is 13.8. The molecule has 0 radical (unpaired) electrons. The van der Waals surface area contributed by atoms with E-state index in [1.165, 1.54) is 25.9 Å². The molecular weight excluding hydrogens is 242 g/mol. The number of hydrogen-bond acceptors (Lipinski definition) is 4. The van der Waals surface area contributed by atoms with Crippen LogP contribution in [-0.2, 0) is 0 Å². The molecule has 0 aromatic carbocycles. The van der Waals surface area contributed by atoms with E-state index in [1.54, 1.807) is 19.1 Å². The van der Waals surface area contributed by atoms with Crippen LogP contribution in [0.15, 0.2) is 12.1 Å². The van der Waals surface area contributed by atoms with Crippen molar-refractivity contribution in [3.8, 4) is 0 Å². The highest BCUT2D eigenvalue weighted by molar-refractivity contribution is 5.89. The zero-order valence-corrected chi connectivity index (χ0v) is 11.6. The molecule has 0 saturated carbocycles. The summed E-state index contributed by atoms with van der Waals surface area (Å²) in [5.41, 5.74) is 0.842. The maximum Gasteiger partial charge on any atom is 0.337 e. The van der Waals surface area contributed by atoms with E-state index >= 15 is 0 Å². The summed E-state index contributed by atoms with van der Waals surface area (Å²) in [5.74, 6) is -0.0852. The molecule has 0 spiro atoms. The van der Waals surface area contributed by atoms with Gasteiger partial charge in [0.1, 0.15) is 5.82 Å². The molecule has 1 aliphatic rings. The third-order valence-electron chi connectivity index (χ3n) is 3.64. The predicted octanol–water partition coefficient (Wildman–Crippen LogP) is 1.62. The quantitative estimate of drug-likeness (QED) is 0.875. The number of carboxylic acid groups (broad SMARTS) is 1. The zero-order valence-electron chi connectivity index (χ0n) is 11.6. The molecule has 1 saturated heterocycles. The minimum absolute atomic E-state index is 0.275. The first-order chi connectivity index (χ1) is 9.08. The van der Waals surface area contributed by atoms with E-state index in [-0.39, 0.29) is 5.56 Å². The van der Waals surface area contributed by atoms with Crippen LogP contribution < -0.4 is 4.90 Å². The molecule has 0 amide bonds. The Hall–Kier alpha value is -1.62. The van der Waals surface area contributed by atoms with Gasteiger partial charge in [-0.1, -0.05) is 0 Å². The molecule has 1 aliphatic heterocycles. The highest BCUT2D eigenvalue weighted by atomic mass is 16.4. The average Bonchev–Trinajstić information content (AvgIpc) is 2.88. The first-order valence-electron chi connectivity index (χ1n) is 6.72. The van der Waals surface area contributed by atoms with E-state index in [2.05, 4.69) is 14.8 Å². The largest absolute Gasteiger partial charge is 0.478 e. The third kappa shape index (κ3) is 3.44. The van der Waals surface area contributed by atoms with Gasteiger partial charge in [0.05, 0.1) is 11.3 Å². The van der Waals surface area contributed by atoms with Crippen LogP contribution in [0.2, 0.25) is 0 Å². The fourth-order valence-electron chi connectivity index (χ4n) is 2.40. The van der Waals surface area contributed by atoms with Crippen molar-refractivity contribution in [2.24, 2.45) is 0 Å². The maximum absolute atomic E-state index is 10.9. The van der Waals surface area contributed by atoms with Gasteiger partial charge in [0.25, 0.3) is 0 Å². The Morgan fingerprint density at radius 2 is 2.11 bits per heavy atom. The van der Waals surface area contributed by atoms with Crippen LogP contribution in [0.5, 0.6) is 0 Å². The maximum atomic E-state index is 10.9. The van der Waals surface area contributed by atoms with Gasteiger partial charge < -0.3 is 14.9 Å². The normalized spacial score (nSPS) is 15.7. The van der Waals surface area contributed by atoms with Crippen molar-refractivity contribution in [3.63, 3.8) is 0 Å². The van der Waals surface area contributed by atoms with E-state index in [1.807, 2.05) is 7.05 Å². The molecular formula is C14H21N3O2. The van der Waals surface area contributed by atoms with Gasteiger partial charge in [-0.05, 0) is 45.0 Å². The molecule has 0 atom stereocenters. The summed E-state index contributed by atoms with van der Waals surface area (Å²) < 4.78 is 0. The van der Waals surface area contributed by atoms with Crippen LogP contribution in [-0.4, -0.2) is 54.2 Å². The summed E-state index contributed by atoms with van der Waals surface area (Å²) in [6.07, 6.45) is 2.60. The van der Waals surface area contributed by atoms with Crippen LogP contribution in [0.4, 0.5) is 5.82 Å². The van der Waals surface area contributed by atoms with Crippen molar-refractivity contribution < 1.29 is 9.90 Å². The van der Waals surface area contributed by atoms with Crippen molar-refractivity contribution in [3.05, 3.63) is 23.4 Å². The SMILES string of the molecule is Cc1nc(N(C)CCN2CCCC2)ccc1C(=O)O. The molecule has 0 aliphatic carbocycles. The lowest BCUT2D eigenvalue weighted by Crippen LogP contribution is -2.31. The van der Waals surface area contributed by atoms with Gasteiger partial charge >= 0.3 is 5.97 Å². The van der Waals surface area contributed by atoms with E-state index in [0.29, 0.717) is 5.69 Å². The second-order valence-corrected chi connectivity index (χ2v) is 5.08. The number of anilines is 1. The average molecular weight is 263 g/mol. The zero-order chi connectivity index (χ0) is 13.8. The highest BCUT2D eigenvalue weighted by Gasteiger charge is 2.14. The molecule has 19 heavy (non-hydrogen) atoms. The number of carboxylic acids is 1. The number of nitrogens with zero attached hydrogens (tertiary/aromatic N) is 3. The number of aromatic nitrogens is 1. The van der Waals surface area contributed by atoms with Crippen LogP contribution in [0.1, 0.15) is 28.9 Å². The summed E-state index contributed by atoms with van der Waals surface area (Å²) >= 11 is 0. The molecule has 1 fully saturated rings. The van der Waals surface area contributed by atoms with Gasteiger partial charge in [-0.3, -0.25) is 0 Å². The lowest BCUT2D eigenvalue weighted by Gasteiger charge is -2.22. The van der Waals surface area contributed by atoms with E-state index in [4.69, 9.17) is 5.11 Å². The molecule has 5 heteroatoms.